The van der Waals surface area contributed by atoms with Crippen LogP contribution in [0.25, 0.3) is 0 Å². The molecule has 0 saturated heterocycles. The molecule has 0 saturated carbocycles. The Morgan fingerprint density at radius 2 is 1.53 bits per heavy atom. The van der Waals surface area contributed by atoms with Gasteiger partial charge in [0.2, 0.25) is 5.75 Å². The highest BCUT2D eigenvalue weighted by atomic mass is 16.6. The molecule has 0 aliphatic carbocycles. The van der Waals surface area contributed by atoms with Crippen LogP contribution in [0.15, 0.2) is 42.5 Å². The van der Waals surface area contributed by atoms with Crippen LogP contribution in [0.2, 0.25) is 0 Å². The third-order valence-corrected chi connectivity index (χ3v) is 5.50. The summed E-state index contributed by atoms with van der Waals surface area (Å²) in [6.07, 6.45) is -1.72. The van der Waals surface area contributed by atoms with E-state index in [-0.39, 0.29) is 17.7 Å². The molecule has 178 valence electrons. The molecule has 0 fully saturated rings. The Morgan fingerprint density at radius 3 is 2.18 bits per heavy atom. The maximum Gasteiger partial charge on any atom is 0.338 e. The number of phenols is 5. The molecule has 1 aliphatic rings. The number of phenolic OH excluding ortho intramolecular Hbond substituents is 5. The van der Waals surface area contributed by atoms with Crippen LogP contribution in [0.4, 0.5) is 0 Å². The SMILES string of the molecule is COc1cc(C2Oc3cccc(OC)c3CC2OC(=O)c2cc(O)c(O)c(O)c2)cc(O)c1O. The minimum absolute atomic E-state index is 0.00602. The molecule has 5 N–H and O–H groups in total. The quantitative estimate of drug-likeness (QED) is 0.277. The fraction of sp³-hybridized carbons (Fsp3) is 0.208. The Bertz CT molecular complexity index is 1230. The first-order valence-electron chi connectivity index (χ1n) is 10.1. The average Bonchev–Trinajstić information content (AvgIpc) is 2.82. The number of fused-ring (bicyclic) bond motifs is 1. The zero-order valence-corrected chi connectivity index (χ0v) is 18.2. The number of hydrogen-bond acceptors (Lipinski definition) is 10. The summed E-state index contributed by atoms with van der Waals surface area (Å²) in [6, 6.07) is 9.82. The lowest BCUT2D eigenvalue weighted by molar-refractivity contribution is -0.0188. The Labute approximate surface area is 193 Å². The van der Waals surface area contributed by atoms with Gasteiger partial charge in [0.05, 0.1) is 19.8 Å². The van der Waals surface area contributed by atoms with E-state index in [2.05, 4.69) is 0 Å². The van der Waals surface area contributed by atoms with Gasteiger partial charge in [0.1, 0.15) is 17.6 Å². The van der Waals surface area contributed by atoms with Crippen LogP contribution >= 0.6 is 0 Å². The van der Waals surface area contributed by atoms with E-state index in [1.54, 1.807) is 18.2 Å². The molecule has 0 spiro atoms. The number of rotatable bonds is 5. The molecule has 1 heterocycles. The lowest BCUT2D eigenvalue weighted by Crippen LogP contribution is -2.35. The van der Waals surface area contributed by atoms with Gasteiger partial charge < -0.3 is 44.5 Å². The summed E-state index contributed by atoms with van der Waals surface area (Å²) in [5.41, 5.74) is 0.795. The van der Waals surface area contributed by atoms with Crippen LogP contribution in [0.3, 0.4) is 0 Å². The molecular formula is C24H22O10. The maximum atomic E-state index is 12.9. The van der Waals surface area contributed by atoms with Crippen molar-refractivity contribution in [3.05, 3.63) is 59.2 Å². The highest BCUT2D eigenvalue weighted by molar-refractivity contribution is 5.91. The fourth-order valence-electron chi connectivity index (χ4n) is 3.82. The fourth-order valence-corrected chi connectivity index (χ4v) is 3.82. The van der Waals surface area contributed by atoms with Crippen LogP contribution in [0.1, 0.15) is 27.6 Å². The van der Waals surface area contributed by atoms with Gasteiger partial charge in [-0.3, -0.25) is 0 Å². The molecule has 3 aromatic rings. The minimum Gasteiger partial charge on any atom is -0.504 e. The minimum atomic E-state index is -0.956. The largest absolute Gasteiger partial charge is 0.504 e. The number of aromatic hydroxyl groups is 5. The molecule has 3 aromatic carbocycles. The summed E-state index contributed by atoms with van der Waals surface area (Å²) in [6.45, 7) is 0. The van der Waals surface area contributed by atoms with Crippen LogP contribution in [0.5, 0.6) is 46.0 Å². The maximum absolute atomic E-state index is 12.9. The molecule has 0 bridgehead atoms. The molecule has 0 radical (unpaired) electrons. The van der Waals surface area contributed by atoms with Gasteiger partial charge >= 0.3 is 5.97 Å². The normalized spacial score (nSPS) is 16.8. The van der Waals surface area contributed by atoms with Crippen LogP contribution < -0.4 is 14.2 Å². The summed E-state index contributed by atoms with van der Waals surface area (Å²) >= 11 is 0. The summed E-state index contributed by atoms with van der Waals surface area (Å²) in [5, 5.41) is 49.2. The molecule has 34 heavy (non-hydrogen) atoms. The zero-order valence-electron chi connectivity index (χ0n) is 18.2. The third-order valence-electron chi connectivity index (χ3n) is 5.50. The molecule has 2 unspecified atom stereocenters. The lowest BCUT2D eigenvalue weighted by atomic mass is 9.93. The predicted octanol–water partition coefficient (Wildman–Crippen LogP) is 3.13. The molecule has 0 amide bonds. The van der Waals surface area contributed by atoms with Crippen molar-refractivity contribution in [2.24, 2.45) is 0 Å². The van der Waals surface area contributed by atoms with Crippen LogP contribution in [-0.2, 0) is 11.2 Å². The predicted molar refractivity (Wildman–Crippen MR) is 117 cm³/mol. The van der Waals surface area contributed by atoms with Crippen molar-refractivity contribution < 1.29 is 49.3 Å². The van der Waals surface area contributed by atoms with Gasteiger partial charge in [-0.15, -0.1) is 0 Å². The number of ether oxygens (including phenoxy) is 4. The highest BCUT2D eigenvalue weighted by Gasteiger charge is 2.37. The first kappa shape index (κ1) is 22.7. The number of esters is 1. The van der Waals surface area contributed by atoms with E-state index in [0.29, 0.717) is 22.6 Å². The Morgan fingerprint density at radius 1 is 0.882 bits per heavy atom. The van der Waals surface area contributed by atoms with Gasteiger partial charge in [-0.25, -0.2) is 4.79 Å². The molecule has 4 rings (SSSR count). The smallest absolute Gasteiger partial charge is 0.338 e. The van der Waals surface area contributed by atoms with Crippen molar-refractivity contribution in [3.8, 4) is 46.0 Å². The standard InChI is InChI=1S/C24H22O10/c1-31-17-4-3-5-18-13(17)10-20(34-24(30)12-7-14(25)21(28)15(26)8-12)23(33-18)11-6-16(27)22(29)19(9-11)32-2/h3-9,20,23,25-29H,10H2,1-2H3. The van der Waals surface area contributed by atoms with Gasteiger partial charge in [0, 0.05) is 17.5 Å². The number of benzene rings is 3. The van der Waals surface area contributed by atoms with Gasteiger partial charge in [-0.1, -0.05) is 6.07 Å². The van der Waals surface area contributed by atoms with E-state index in [4.69, 9.17) is 18.9 Å². The average molecular weight is 470 g/mol. The highest BCUT2D eigenvalue weighted by Crippen LogP contribution is 2.45. The van der Waals surface area contributed by atoms with E-state index < -0.39 is 46.9 Å². The first-order chi connectivity index (χ1) is 16.2. The lowest BCUT2D eigenvalue weighted by Gasteiger charge is -2.34. The van der Waals surface area contributed by atoms with E-state index in [9.17, 15) is 30.3 Å². The van der Waals surface area contributed by atoms with Crippen LogP contribution in [0, 0.1) is 0 Å². The second kappa shape index (κ2) is 8.81. The van der Waals surface area contributed by atoms with Crippen molar-refractivity contribution >= 4 is 5.97 Å². The summed E-state index contributed by atoms with van der Waals surface area (Å²) < 4.78 is 22.3. The molecule has 2 atom stereocenters. The molecule has 10 nitrogen and oxygen atoms in total. The zero-order chi connectivity index (χ0) is 24.6. The Kier molecular flexibility index (Phi) is 5.89. The molecule has 10 heteroatoms. The van der Waals surface area contributed by atoms with Crippen molar-refractivity contribution in [1.82, 2.24) is 0 Å². The van der Waals surface area contributed by atoms with E-state index in [1.807, 2.05) is 0 Å². The van der Waals surface area contributed by atoms with E-state index in [1.165, 1.54) is 26.4 Å². The van der Waals surface area contributed by atoms with Crippen molar-refractivity contribution in [1.29, 1.82) is 0 Å². The monoisotopic (exact) mass is 470 g/mol. The summed E-state index contributed by atoms with van der Waals surface area (Å²) in [5.74, 6) is -2.97. The van der Waals surface area contributed by atoms with Gasteiger partial charge in [0.15, 0.2) is 34.9 Å². The molecular weight excluding hydrogens is 448 g/mol. The number of carbonyl (C=O) groups is 1. The second-order valence-electron chi connectivity index (χ2n) is 7.58. The number of hydrogen-bond donors (Lipinski definition) is 5. The number of carbonyl (C=O) groups excluding carboxylic acids is 1. The van der Waals surface area contributed by atoms with Crippen molar-refractivity contribution in [2.45, 2.75) is 18.6 Å². The molecule has 0 aromatic heterocycles. The molecule has 1 aliphatic heterocycles. The number of methoxy groups -OCH3 is 2. The summed E-state index contributed by atoms with van der Waals surface area (Å²) in [4.78, 5) is 12.9. The van der Waals surface area contributed by atoms with E-state index >= 15 is 0 Å². The first-order valence-corrected chi connectivity index (χ1v) is 10.1. The van der Waals surface area contributed by atoms with Crippen LogP contribution in [-0.4, -0.2) is 51.8 Å². The van der Waals surface area contributed by atoms with Crippen molar-refractivity contribution in [2.75, 3.05) is 14.2 Å². The Hall–Kier alpha value is -4.47. The van der Waals surface area contributed by atoms with Gasteiger partial charge in [0.25, 0.3) is 0 Å². The van der Waals surface area contributed by atoms with Gasteiger partial charge in [-0.2, -0.15) is 0 Å². The van der Waals surface area contributed by atoms with Gasteiger partial charge in [-0.05, 0) is 36.4 Å². The van der Waals surface area contributed by atoms with E-state index in [0.717, 1.165) is 12.1 Å². The summed E-state index contributed by atoms with van der Waals surface area (Å²) in [7, 11) is 2.81. The van der Waals surface area contributed by atoms with Crippen molar-refractivity contribution in [3.63, 3.8) is 0 Å². The third kappa shape index (κ3) is 4.01. The second-order valence-corrected chi connectivity index (χ2v) is 7.58. The topological polar surface area (TPSA) is 155 Å². The Balaban J connectivity index is 1.75.